The maximum Gasteiger partial charge on any atom is 0.409 e. The highest BCUT2D eigenvalue weighted by atomic mass is 32.1. The highest BCUT2D eigenvalue weighted by Crippen LogP contribution is 2.42. The summed E-state index contributed by atoms with van der Waals surface area (Å²) in [5, 5.41) is 3.91. The van der Waals surface area contributed by atoms with Crippen molar-refractivity contribution in [1.29, 1.82) is 0 Å². The lowest BCUT2D eigenvalue weighted by Crippen LogP contribution is -2.37. The lowest BCUT2D eigenvalue weighted by atomic mass is 9.83. The second-order valence-electron chi connectivity index (χ2n) is 10.5. The number of H-pyrrole nitrogens is 1. The van der Waals surface area contributed by atoms with E-state index >= 15 is 0 Å². The van der Waals surface area contributed by atoms with E-state index in [9.17, 15) is 9.59 Å². The van der Waals surface area contributed by atoms with Crippen molar-refractivity contribution < 1.29 is 14.3 Å². The summed E-state index contributed by atoms with van der Waals surface area (Å²) in [4.78, 5) is 30.4. The van der Waals surface area contributed by atoms with Gasteiger partial charge in [0, 0.05) is 40.9 Å². The molecule has 1 aliphatic carbocycles. The van der Waals surface area contributed by atoms with Gasteiger partial charge in [0.05, 0.1) is 13.7 Å². The van der Waals surface area contributed by atoms with Gasteiger partial charge in [-0.25, -0.2) is 4.79 Å². The Balaban J connectivity index is 1.55. The maximum atomic E-state index is 12.8. The van der Waals surface area contributed by atoms with Gasteiger partial charge in [0.25, 0.3) is 5.56 Å². The monoisotopic (exact) mass is 546 g/mol. The number of ether oxygens (including phenoxy) is 2. The number of benzene rings is 2. The van der Waals surface area contributed by atoms with Crippen LogP contribution in [0.5, 0.6) is 5.75 Å². The van der Waals surface area contributed by atoms with E-state index in [-0.39, 0.29) is 17.6 Å². The lowest BCUT2D eigenvalue weighted by Gasteiger charge is -2.31. The van der Waals surface area contributed by atoms with Crippen LogP contribution in [-0.2, 0) is 4.74 Å². The van der Waals surface area contributed by atoms with Crippen LogP contribution in [-0.4, -0.2) is 42.8 Å². The molecule has 0 saturated heterocycles. The maximum absolute atomic E-state index is 12.8. The Morgan fingerprint density at radius 3 is 2.56 bits per heavy atom. The molecule has 7 heteroatoms. The number of aromatic amines is 1. The number of unbranched alkanes of at least 4 members (excludes halogenated alkanes) is 1. The molecule has 0 aliphatic heterocycles. The molecule has 1 aliphatic rings. The van der Waals surface area contributed by atoms with Crippen LogP contribution in [0.15, 0.2) is 52.6 Å². The number of nitrogens with one attached hydrogen (secondary N) is 1. The fourth-order valence-corrected chi connectivity index (χ4v) is 6.92. The molecule has 1 fully saturated rings. The quantitative estimate of drug-likeness (QED) is 0.219. The number of carbonyl (C=O) groups excluding carboxylic acids is 1. The Labute approximate surface area is 233 Å². The van der Waals surface area contributed by atoms with Gasteiger partial charge in [-0.1, -0.05) is 50.5 Å². The summed E-state index contributed by atoms with van der Waals surface area (Å²) in [6.45, 7) is 5.80. The Morgan fingerprint density at radius 2 is 1.87 bits per heavy atom. The predicted octanol–water partition coefficient (Wildman–Crippen LogP) is 7.95. The third-order valence-corrected chi connectivity index (χ3v) is 9.01. The summed E-state index contributed by atoms with van der Waals surface area (Å²) in [7, 11) is 1.69. The molecule has 1 unspecified atom stereocenters. The molecule has 2 aromatic heterocycles. The van der Waals surface area contributed by atoms with Crippen molar-refractivity contribution >= 4 is 38.4 Å². The van der Waals surface area contributed by atoms with Crippen LogP contribution >= 0.6 is 11.3 Å². The number of fused-ring (bicyclic) bond motifs is 3. The second kappa shape index (κ2) is 12.2. The number of hydrogen-bond donors (Lipinski definition) is 1. The normalized spacial score (nSPS) is 14.6. The molecular weight excluding hydrogens is 508 g/mol. The molecule has 5 rings (SSSR count). The predicted molar refractivity (Wildman–Crippen MR) is 160 cm³/mol. The molecule has 39 heavy (non-hydrogen) atoms. The van der Waals surface area contributed by atoms with Crippen molar-refractivity contribution in [2.75, 3.05) is 26.8 Å². The van der Waals surface area contributed by atoms with Gasteiger partial charge in [-0.3, -0.25) is 4.79 Å². The summed E-state index contributed by atoms with van der Waals surface area (Å²) in [6.07, 6.45) is 6.67. The number of nitrogens with zero attached hydrogens (tertiary/aromatic N) is 1. The molecule has 1 saturated carbocycles. The van der Waals surface area contributed by atoms with Crippen LogP contribution in [0, 0.1) is 5.92 Å². The number of amides is 1. The van der Waals surface area contributed by atoms with Crippen LogP contribution in [0.4, 0.5) is 4.79 Å². The lowest BCUT2D eigenvalue weighted by molar-refractivity contribution is 0.101. The highest BCUT2D eigenvalue weighted by molar-refractivity contribution is 7.17. The minimum absolute atomic E-state index is 0.0624. The fraction of sp³-hybridized carbons (Fsp3) is 0.438. The Kier molecular flexibility index (Phi) is 8.56. The van der Waals surface area contributed by atoms with Gasteiger partial charge < -0.3 is 19.4 Å². The molecule has 4 aromatic rings. The molecule has 2 heterocycles. The van der Waals surface area contributed by atoms with Gasteiger partial charge in [-0.15, -0.1) is 11.3 Å². The molecule has 2 aromatic carbocycles. The number of thiophene rings is 1. The van der Waals surface area contributed by atoms with Crippen LogP contribution in [0.25, 0.3) is 32.1 Å². The van der Waals surface area contributed by atoms with Crippen LogP contribution < -0.4 is 10.3 Å². The van der Waals surface area contributed by atoms with E-state index in [0.29, 0.717) is 19.1 Å². The zero-order valence-electron chi connectivity index (χ0n) is 23.1. The van der Waals surface area contributed by atoms with E-state index in [1.165, 1.54) is 42.6 Å². The topological polar surface area (TPSA) is 71.6 Å². The van der Waals surface area contributed by atoms with Gasteiger partial charge in [-0.05, 0) is 66.8 Å². The van der Waals surface area contributed by atoms with Gasteiger partial charge >= 0.3 is 6.09 Å². The molecule has 1 amide bonds. The molecule has 6 nitrogen and oxygen atoms in total. The fourth-order valence-electron chi connectivity index (χ4n) is 6.13. The largest absolute Gasteiger partial charge is 0.496 e. The van der Waals surface area contributed by atoms with Gasteiger partial charge in [0.1, 0.15) is 10.4 Å². The zero-order valence-corrected chi connectivity index (χ0v) is 23.9. The third kappa shape index (κ3) is 5.55. The molecule has 0 radical (unpaired) electrons. The van der Waals surface area contributed by atoms with Crippen molar-refractivity contribution in [1.82, 2.24) is 9.88 Å². The average Bonchev–Trinajstić information content (AvgIpc) is 3.66. The Hall–Kier alpha value is -3.32. The zero-order chi connectivity index (χ0) is 27.4. The van der Waals surface area contributed by atoms with Crippen LogP contribution in [0.3, 0.4) is 0 Å². The first-order chi connectivity index (χ1) is 19.0. The van der Waals surface area contributed by atoms with E-state index in [1.807, 2.05) is 35.4 Å². The first-order valence-corrected chi connectivity index (χ1v) is 15.1. The highest BCUT2D eigenvalue weighted by Gasteiger charge is 2.30. The van der Waals surface area contributed by atoms with Gasteiger partial charge in [0.15, 0.2) is 0 Å². The summed E-state index contributed by atoms with van der Waals surface area (Å²) in [6, 6.07) is 14.6. The van der Waals surface area contributed by atoms with Crippen molar-refractivity contribution in [3.63, 3.8) is 0 Å². The van der Waals surface area contributed by atoms with Crippen LogP contribution in [0.1, 0.15) is 63.9 Å². The minimum atomic E-state index is -0.208. The van der Waals surface area contributed by atoms with Crippen LogP contribution in [0.2, 0.25) is 0 Å². The first kappa shape index (κ1) is 27.3. The Morgan fingerprint density at radius 1 is 1.10 bits per heavy atom. The smallest absolute Gasteiger partial charge is 0.409 e. The minimum Gasteiger partial charge on any atom is -0.496 e. The standard InChI is InChI=1S/C32H38N2O4S/c1-4-6-18-34(32(36)38-5-2)20-25(21-9-7-8-10-21)22-11-13-23(14-12-22)28-27(37-3)16-15-26-29(28)24-17-19-39-30(24)31(35)33-26/h11-17,19,21,25H,4-10,18,20H2,1-3H3,(H,33,35). The summed E-state index contributed by atoms with van der Waals surface area (Å²) in [5.41, 5.74) is 4.02. The van der Waals surface area contributed by atoms with Gasteiger partial charge in [0.2, 0.25) is 0 Å². The molecule has 1 atom stereocenters. The van der Waals surface area contributed by atoms with Crippen molar-refractivity contribution in [3.05, 3.63) is 63.8 Å². The van der Waals surface area contributed by atoms with E-state index < -0.39 is 0 Å². The number of hydrogen-bond acceptors (Lipinski definition) is 5. The molecule has 206 valence electrons. The van der Waals surface area contributed by atoms with E-state index in [4.69, 9.17) is 9.47 Å². The van der Waals surface area contributed by atoms with Gasteiger partial charge in [-0.2, -0.15) is 0 Å². The van der Waals surface area contributed by atoms with Crippen molar-refractivity contribution in [2.24, 2.45) is 5.92 Å². The molecular formula is C32H38N2O4S. The van der Waals surface area contributed by atoms with Crippen molar-refractivity contribution in [2.45, 2.75) is 58.3 Å². The molecule has 1 N–H and O–H groups in total. The SMILES string of the molecule is CCCCN(CC(c1ccc(-c2c(OC)ccc3[nH]c(=O)c4sccc4c23)cc1)C1CCCC1)C(=O)OCC. The van der Waals surface area contributed by atoms with Crippen molar-refractivity contribution in [3.8, 4) is 16.9 Å². The van der Waals surface area contributed by atoms with E-state index in [2.05, 4.69) is 36.2 Å². The summed E-state index contributed by atoms with van der Waals surface area (Å²) < 4.78 is 12.0. The Bertz CT molecular complexity index is 1480. The number of carbonyl (C=O) groups is 1. The number of methoxy groups -OCH3 is 1. The number of pyridine rings is 1. The molecule has 0 spiro atoms. The second-order valence-corrected chi connectivity index (χ2v) is 11.4. The first-order valence-electron chi connectivity index (χ1n) is 14.2. The number of rotatable bonds is 10. The summed E-state index contributed by atoms with van der Waals surface area (Å²) in [5.74, 6) is 1.59. The summed E-state index contributed by atoms with van der Waals surface area (Å²) >= 11 is 1.46. The average molecular weight is 547 g/mol. The van der Waals surface area contributed by atoms with E-state index in [0.717, 1.165) is 57.3 Å². The molecule has 0 bridgehead atoms. The van der Waals surface area contributed by atoms with E-state index in [1.54, 1.807) is 7.11 Å². The third-order valence-electron chi connectivity index (χ3n) is 8.10. The number of aromatic nitrogens is 1.